The molecule has 1 amide bonds. The molecule has 4 aromatic rings. The first-order valence-electron chi connectivity index (χ1n) is 11.9. The fourth-order valence-electron chi connectivity index (χ4n) is 4.47. The Morgan fingerprint density at radius 1 is 0.886 bits per heavy atom. The molecule has 0 radical (unpaired) electrons. The van der Waals surface area contributed by atoms with Crippen molar-refractivity contribution in [3.05, 3.63) is 101 Å². The third-order valence-corrected chi connectivity index (χ3v) is 6.39. The average molecular weight is 469 g/mol. The van der Waals surface area contributed by atoms with Gasteiger partial charge in [-0.05, 0) is 55.5 Å². The number of nitrogens with zero attached hydrogens (tertiary/aromatic N) is 4. The molecular weight excluding hydrogens is 440 g/mol. The zero-order valence-electron chi connectivity index (χ0n) is 19.8. The van der Waals surface area contributed by atoms with Gasteiger partial charge in [-0.1, -0.05) is 30.3 Å². The Balaban J connectivity index is 1.20. The number of hydrogen-bond donors (Lipinski definition) is 0. The van der Waals surface area contributed by atoms with Crippen molar-refractivity contribution in [3.63, 3.8) is 0 Å². The molecule has 3 aromatic carbocycles. The lowest BCUT2D eigenvalue weighted by Crippen LogP contribution is -2.49. The van der Waals surface area contributed by atoms with Gasteiger partial charge in [-0.25, -0.2) is 4.98 Å². The number of fused-ring (bicyclic) bond motifs is 1. The van der Waals surface area contributed by atoms with E-state index in [9.17, 15) is 9.59 Å². The second-order valence-electron chi connectivity index (χ2n) is 8.66. The SMILES string of the molecule is Cc1nc2ccccc2c(=O)n1-c1ccc(C(=O)N2CCN(CCOc3ccccc3)CC2)cc1. The lowest BCUT2D eigenvalue weighted by molar-refractivity contribution is 0.0620. The largest absolute Gasteiger partial charge is 0.492 e. The minimum atomic E-state index is -0.112. The summed E-state index contributed by atoms with van der Waals surface area (Å²) in [6.07, 6.45) is 0. The van der Waals surface area contributed by atoms with Gasteiger partial charge in [0.2, 0.25) is 0 Å². The van der Waals surface area contributed by atoms with Crippen molar-refractivity contribution in [2.75, 3.05) is 39.3 Å². The van der Waals surface area contributed by atoms with Crippen molar-refractivity contribution < 1.29 is 9.53 Å². The Morgan fingerprint density at radius 3 is 2.31 bits per heavy atom. The van der Waals surface area contributed by atoms with Crippen LogP contribution in [0.1, 0.15) is 16.2 Å². The van der Waals surface area contributed by atoms with E-state index >= 15 is 0 Å². The number of piperazine rings is 1. The van der Waals surface area contributed by atoms with Gasteiger partial charge >= 0.3 is 0 Å². The molecule has 0 atom stereocenters. The molecule has 7 heteroatoms. The standard InChI is InChI=1S/C28H28N4O3/c1-21-29-26-10-6-5-9-25(26)28(34)32(21)23-13-11-22(12-14-23)27(33)31-17-15-30(16-18-31)19-20-35-24-7-3-2-4-8-24/h2-14H,15-20H2,1H3. The second-order valence-corrected chi connectivity index (χ2v) is 8.66. The Hall–Kier alpha value is -3.97. The Morgan fingerprint density at radius 2 is 1.57 bits per heavy atom. The van der Waals surface area contributed by atoms with Crippen LogP contribution in [-0.4, -0.2) is 64.6 Å². The third kappa shape index (κ3) is 4.95. The number of aryl methyl sites for hydroxylation is 1. The monoisotopic (exact) mass is 468 g/mol. The first-order chi connectivity index (χ1) is 17.1. The summed E-state index contributed by atoms with van der Waals surface area (Å²) in [6.45, 7) is 6.27. The number of carbonyl (C=O) groups is 1. The number of carbonyl (C=O) groups excluding carboxylic acids is 1. The van der Waals surface area contributed by atoms with Gasteiger partial charge in [-0.3, -0.25) is 19.1 Å². The number of aromatic nitrogens is 2. The predicted octanol–water partition coefficient (Wildman–Crippen LogP) is 3.53. The molecule has 2 heterocycles. The second kappa shape index (κ2) is 10.1. The topological polar surface area (TPSA) is 67.7 Å². The van der Waals surface area contributed by atoms with Crippen LogP contribution in [0.3, 0.4) is 0 Å². The molecule has 0 bridgehead atoms. The quantitative estimate of drug-likeness (QED) is 0.433. The minimum absolute atomic E-state index is 0.0115. The van der Waals surface area contributed by atoms with Crippen LogP contribution in [0.25, 0.3) is 16.6 Å². The van der Waals surface area contributed by atoms with Crippen molar-refractivity contribution in [1.82, 2.24) is 19.4 Å². The highest BCUT2D eigenvalue weighted by Gasteiger charge is 2.22. The molecular formula is C28H28N4O3. The van der Waals surface area contributed by atoms with E-state index in [1.165, 1.54) is 0 Å². The van der Waals surface area contributed by atoms with Crippen molar-refractivity contribution >= 4 is 16.8 Å². The van der Waals surface area contributed by atoms with Crippen molar-refractivity contribution in [1.29, 1.82) is 0 Å². The van der Waals surface area contributed by atoms with Crippen LogP contribution in [0.4, 0.5) is 0 Å². The van der Waals surface area contributed by atoms with Crippen LogP contribution in [0, 0.1) is 6.92 Å². The van der Waals surface area contributed by atoms with E-state index in [1.54, 1.807) is 22.8 Å². The Bertz CT molecular complexity index is 1380. The molecule has 0 spiro atoms. The fraction of sp³-hybridized carbons (Fsp3) is 0.250. The summed E-state index contributed by atoms with van der Waals surface area (Å²) in [7, 11) is 0. The smallest absolute Gasteiger partial charge is 0.265 e. The molecule has 178 valence electrons. The number of hydrogen-bond acceptors (Lipinski definition) is 5. The first-order valence-corrected chi connectivity index (χ1v) is 11.9. The summed E-state index contributed by atoms with van der Waals surface area (Å²) < 4.78 is 7.38. The molecule has 5 rings (SSSR count). The Kier molecular flexibility index (Phi) is 6.59. The van der Waals surface area contributed by atoms with Gasteiger partial charge in [0.25, 0.3) is 11.5 Å². The summed E-state index contributed by atoms with van der Waals surface area (Å²) in [5, 5.41) is 0.574. The molecule has 0 unspecified atom stereocenters. The highest BCUT2D eigenvalue weighted by Crippen LogP contribution is 2.16. The maximum Gasteiger partial charge on any atom is 0.265 e. The summed E-state index contributed by atoms with van der Waals surface area (Å²) in [6, 6.07) is 24.3. The van der Waals surface area contributed by atoms with Gasteiger partial charge < -0.3 is 9.64 Å². The van der Waals surface area contributed by atoms with E-state index in [2.05, 4.69) is 9.88 Å². The summed E-state index contributed by atoms with van der Waals surface area (Å²) in [4.78, 5) is 34.9. The zero-order chi connectivity index (χ0) is 24.2. The Labute approximate surface area is 204 Å². The molecule has 35 heavy (non-hydrogen) atoms. The molecule has 1 aliphatic rings. The summed E-state index contributed by atoms with van der Waals surface area (Å²) >= 11 is 0. The van der Waals surface area contributed by atoms with Crippen molar-refractivity contribution in [2.45, 2.75) is 6.92 Å². The molecule has 0 N–H and O–H groups in total. The maximum absolute atomic E-state index is 13.1. The molecule has 1 aromatic heterocycles. The maximum atomic E-state index is 13.1. The van der Waals surface area contributed by atoms with Crippen LogP contribution >= 0.6 is 0 Å². The van der Waals surface area contributed by atoms with E-state index < -0.39 is 0 Å². The van der Waals surface area contributed by atoms with Crippen LogP contribution in [0.2, 0.25) is 0 Å². The van der Waals surface area contributed by atoms with Gasteiger partial charge in [0, 0.05) is 38.3 Å². The predicted molar refractivity (Wildman–Crippen MR) is 136 cm³/mol. The number of amides is 1. The highest BCUT2D eigenvalue weighted by molar-refractivity contribution is 5.94. The number of benzene rings is 3. The zero-order valence-corrected chi connectivity index (χ0v) is 19.8. The van der Waals surface area contributed by atoms with E-state index in [0.717, 1.165) is 25.4 Å². The van der Waals surface area contributed by atoms with Gasteiger partial charge in [0.1, 0.15) is 18.2 Å². The van der Waals surface area contributed by atoms with Crippen LogP contribution < -0.4 is 10.3 Å². The van der Waals surface area contributed by atoms with Crippen molar-refractivity contribution in [3.8, 4) is 11.4 Å². The van der Waals surface area contributed by atoms with Crippen LogP contribution in [0.5, 0.6) is 5.75 Å². The number of para-hydroxylation sites is 2. The normalized spacial score (nSPS) is 14.3. The van der Waals surface area contributed by atoms with E-state index in [-0.39, 0.29) is 11.5 Å². The van der Waals surface area contributed by atoms with Crippen LogP contribution in [0.15, 0.2) is 83.7 Å². The highest BCUT2D eigenvalue weighted by atomic mass is 16.5. The molecule has 0 aliphatic carbocycles. The third-order valence-electron chi connectivity index (χ3n) is 6.39. The van der Waals surface area contributed by atoms with E-state index in [4.69, 9.17) is 4.74 Å². The lowest BCUT2D eigenvalue weighted by Gasteiger charge is -2.34. The number of ether oxygens (including phenoxy) is 1. The van der Waals surface area contributed by atoms with Gasteiger partial charge in [0.05, 0.1) is 16.6 Å². The molecule has 1 saturated heterocycles. The fourth-order valence-corrected chi connectivity index (χ4v) is 4.47. The number of rotatable bonds is 6. The summed E-state index contributed by atoms with van der Waals surface area (Å²) in [5.41, 5.74) is 1.89. The molecule has 1 aliphatic heterocycles. The first kappa shape index (κ1) is 22.8. The minimum Gasteiger partial charge on any atom is -0.492 e. The molecule has 0 saturated carbocycles. The molecule has 1 fully saturated rings. The van der Waals surface area contributed by atoms with E-state index in [0.29, 0.717) is 47.7 Å². The lowest BCUT2D eigenvalue weighted by atomic mass is 10.1. The summed E-state index contributed by atoms with van der Waals surface area (Å²) in [5.74, 6) is 1.50. The van der Waals surface area contributed by atoms with Gasteiger partial charge in [0.15, 0.2) is 0 Å². The van der Waals surface area contributed by atoms with Crippen molar-refractivity contribution in [2.24, 2.45) is 0 Å². The van der Waals surface area contributed by atoms with Gasteiger partial charge in [-0.15, -0.1) is 0 Å². The molecule has 7 nitrogen and oxygen atoms in total. The van der Waals surface area contributed by atoms with E-state index in [1.807, 2.05) is 72.5 Å². The average Bonchev–Trinajstić information content (AvgIpc) is 2.90. The van der Waals surface area contributed by atoms with Crippen LogP contribution in [-0.2, 0) is 0 Å². The van der Waals surface area contributed by atoms with Gasteiger partial charge in [-0.2, -0.15) is 0 Å².